The van der Waals surface area contributed by atoms with Crippen LogP contribution in [-0.4, -0.2) is 0 Å². The van der Waals surface area contributed by atoms with Crippen LogP contribution in [0.4, 0.5) is 0 Å². The molecule has 0 unspecified atom stereocenters. The van der Waals surface area contributed by atoms with Gasteiger partial charge in [0.1, 0.15) is 0 Å². The van der Waals surface area contributed by atoms with E-state index in [9.17, 15) is 0 Å². The van der Waals surface area contributed by atoms with Crippen molar-refractivity contribution in [1.29, 1.82) is 0 Å². The second-order valence-corrected chi connectivity index (χ2v) is 9.23. The minimum Gasteiger partial charge on any atom is -0.0496 e. The Hall–Kier alpha value is 1.82. The Morgan fingerprint density at radius 1 is 0.556 bits per heavy atom. The Kier molecular flexibility index (Phi) is 6.05. The lowest BCUT2D eigenvalue weighted by Gasteiger charge is -2.11. The molecule has 0 fully saturated rings. The fraction of sp³-hybridized carbons (Fsp3) is 0. The van der Waals surface area contributed by atoms with Gasteiger partial charge in [-0.05, 0) is 144 Å². The second kappa shape index (κ2) is 6.72. The van der Waals surface area contributed by atoms with Crippen molar-refractivity contribution in [2.45, 2.75) is 0 Å². The molecular formula is C12H4Br4I2. The molecule has 0 aliphatic carbocycles. The van der Waals surface area contributed by atoms with Crippen LogP contribution >= 0.6 is 109 Å². The molecule has 2 aromatic carbocycles. The van der Waals surface area contributed by atoms with Crippen LogP contribution in [0.1, 0.15) is 0 Å². The minimum atomic E-state index is 1.06. The molecule has 0 aliphatic heterocycles. The largest absolute Gasteiger partial charge is 0.0496 e. The lowest BCUT2D eigenvalue weighted by Crippen LogP contribution is -1.89. The van der Waals surface area contributed by atoms with Gasteiger partial charge in [-0.3, -0.25) is 0 Å². The van der Waals surface area contributed by atoms with Crippen LogP contribution in [0.3, 0.4) is 0 Å². The van der Waals surface area contributed by atoms with Gasteiger partial charge in [0.25, 0.3) is 0 Å². The quantitative estimate of drug-likeness (QED) is 0.210. The molecule has 0 nitrogen and oxygen atoms in total. The summed E-state index contributed by atoms with van der Waals surface area (Å²) in [6.07, 6.45) is 0. The van der Waals surface area contributed by atoms with E-state index in [4.69, 9.17) is 0 Å². The van der Waals surface area contributed by atoms with Crippen molar-refractivity contribution >= 4 is 109 Å². The van der Waals surface area contributed by atoms with Crippen molar-refractivity contribution in [3.8, 4) is 11.1 Å². The van der Waals surface area contributed by atoms with Crippen LogP contribution in [0.2, 0.25) is 0 Å². The van der Waals surface area contributed by atoms with Gasteiger partial charge >= 0.3 is 0 Å². The highest BCUT2D eigenvalue weighted by Gasteiger charge is 2.12. The van der Waals surface area contributed by atoms with Gasteiger partial charge < -0.3 is 0 Å². The van der Waals surface area contributed by atoms with E-state index in [1.165, 1.54) is 18.3 Å². The van der Waals surface area contributed by atoms with Crippen molar-refractivity contribution in [3.63, 3.8) is 0 Å². The van der Waals surface area contributed by atoms with Gasteiger partial charge in [-0.1, -0.05) is 0 Å². The second-order valence-electron chi connectivity index (χ2n) is 3.49. The van der Waals surface area contributed by atoms with E-state index in [0.29, 0.717) is 0 Å². The van der Waals surface area contributed by atoms with E-state index in [1.807, 2.05) is 0 Å². The number of hydrogen-bond acceptors (Lipinski definition) is 0. The summed E-state index contributed by atoms with van der Waals surface area (Å²) in [6.45, 7) is 0. The topological polar surface area (TPSA) is 0 Å². The van der Waals surface area contributed by atoms with Crippen LogP contribution in [0.25, 0.3) is 11.1 Å². The highest BCUT2D eigenvalue weighted by atomic mass is 127. The summed E-state index contributed by atoms with van der Waals surface area (Å²) in [5, 5.41) is 0. The molecule has 0 amide bonds. The maximum absolute atomic E-state index is 3.56. The molecule has 0 saturated carbocycles. The molecule has 0 saturated heterocycles. The molecule has 0 atom stereocenters. The Bertz CT molecular complexity index is 570. The van der Waals surface area contributed by atoms with E-state index in [2.05, 4.69) is 133 Å². The predicted octanol–water partition coefficient (Wildman–Crippen LogP) is 7.61. The molecule has 6 heteroatoms. The first-order valence-electron chi connectivity index (χ1n) is 4.69. The first-order chi connectivity index (χ1) is 8.40. The van der Waals surface area contributed by atoms with Gasteiger partial charge in [-0.2, -0.15) is 0 Å². The predicted molar refractivity (Wildman–Crippen MR) is 108 cm³/mol. The van der Waals surface area contributed by atoms with Crippen molar-refractivity contribution < 1.29 is 0 Å². The molecule has 0 aliphatic rings. The maximum Gasteiger partial charge on any atom is 0.0328 e. The van der Waals surface area contributed by atoms with Gasteiger partial charge in [0.05, 0.1) is 0 Å². The van der Waals surface area contributed by atoms with Crippen LogP contribution in [0.5, 0.6) is 0 Å². The maximum atomic E-state index is 3.56. The summed E-state index contributed by atoms with van der Waals surface area (Å²) in [4.78, 5) is 0. The molecule has 2 rings (SSSR count). The van der Waals surface area contributed by atoms with Crippen molar-refractivity contribution in [3.05, 3.63) is 49.3 Å². The Morgan fingerprint density at radius 3 is 1.17 bits per heavy atom. The van der Waals surface area contributed by atoms with Crippen LogP contribution in [-0.2, 0) is 0 Å². The summed E-state index contributed by atoms with van der Waals surface area (Å²) in [5.74, 6) is 0. The van der Waals surface area contributed by atoms with Crippen LogP contribution in [0.15, 0.2) is 42.2 Å². The third-order valence-corrected chi connectivity index (χ3v) is 7.78. The zero-order valence-electron chi connectivity index (χ0n) is 8.58. The monoisotopic (exact) mass is 718 g/mol. The molecule has 0 N–H and O–H groups in total. The lowest BCUT2D eigenvalue weighted by atomic mass is 10.1. The van der Waals surface area contributed by atoms with Gasteiger partial charge in [-0.15, -0.1) is 0 Å². The molecule has 0 heterocycles. The zero-order valence-corrected chi connectivity index (χ0v) is 19.2. The number of rotatable bonds is 1. The molecule has 18 heavy (non-hydrogen) atoms. The van der Waals surface area contributed by atoms with Gasteiger partial charge in [-0.25, -0.2) is 0 Å². The molecule has 94 valence electrons. The van der Waals surface area contributed by atoms with Crippen molar-refractivity contribution in [1.82, 2.24) is 0 Å². The third-order valence-electron chi connectivity index (χ3n) is 2.31. The third kappa shape index (κ3) is 3.52. The fourth-order valence-electron chi connectivity index (χ4n) is 1.46. The van der Waals surface area contributed by atoms with E-state index in [-0.39, 0.29) is 0 Å². The van der Waals surface area contributed by atoms with Crippen molar-refractivity contribution in [2.75, 3.05) is 0 Å². The Balaban J connectivity index is 2.69. The number of benzene rings is 2. The summed E-state index contributed by atoms with van der Waals surface area (Å²) in [6, 6.07) is 8.52. The fourth-order valence-corrected chi connectivity index (χ4v) is 5.20. The highest BCUT2D eigenvalue weighted by Crippen LogP contribution is 2.38. The highest BCUT2D eigenvalue weighted by molar-refractivity contribution is 14.1. The molecular weight excluding hydrogens is 718 g/mol. The van der Waals surface area contributed by atoms with E-state index >= 15 is 0 Å². The number of hydrogen-bond donors (Lipinski definition) is 0. The molecule has 0 spiro atoms. The molecule has 2 aromatic rings. The van der Waals surface area contributed by atoms with E-state index in [1.54, 1.807) is 0 Å². The normalized spacial score (nSPS) is 10.8. The zero-order chi connectivity index (χ0) is 13.4. The number of halogens is 6. The minimum absolute atomic E-state index is 1.06. The standard InChI is InChI=1S/C12H4Br4I2/c13-7-1-5(11(17)3-9(7)15)6-2-8(14)10(16)4-12(6)18/h1-4H. The van der Waals surface area contributed by atoms with Crippen LogP contribution in [0, 0.1) is 7.14 Å². The van der Waals surface area contributed by atoms with E-state index < -0.39 is 0 Å². The molecule has 0 radical (unpaired) electrons. The molecule has 0 aromatic heterocycles. The summed E-state index contributed by atoms with van der Waals surface area (Å²) < 4.78 is 6.70. The van der Waals surface area contributed by atoms with Crippen LogP contribution < -0.4 is 0 Å². The van der Waals surface area contributed by atoms with Crippen molar-refractivity contribution in [2.24, 2.45) is 0 Å². The summed E-state index contributed by atoms with van der Waals surface area (Å²) in [5.41, 5.74) is 2.45. The summed E-state index contributed by atoms with van der Waals surface area (Å²) in [7, 11) is 0. The van der Waals surface area contributed by atoms with Gasteiger partial charge in [0.15, 0.2) is 0 Å². The first-order valence-corrected chi connectivity index (χ1v) is 10.0. The Labute approximate surface area is 166 Å². The van der Waals surface area contributed by atoms with Gasteiger partial charge in [0, 0.05) is 25.0 Å². The van der Waals surface area contributed by atoms with E-state index in [0.717, 1.165) is 17.9 Å². The summed E-state index contributed by atoms with van der Waals surface area (Å²) >= 11 is 18.9. The lowest BCUT2D eigenvalue weighted by molar-refractivity contribution is 1.48. The first kappa shape index (κ1) is 16.2. The molecule has 0 bridgehead atoms. The Morgan fingerprint density at radius 2 is 0.833 bits per heavy atom. The average molecular weight is 722 g/mol. The van der Waals surface area contributed by atoms with Gasteiger partial charge in [0.2, 0.25) is 0 Å². The smallest absolute Gasteiger partial charge is 0.0328 e. The SMILES string of the molecule is Brc1cc(I)c(-c2cc(Br)c(Br)cc2I)cc1Br. The average Bonchev–Trinajstić information content (AvgIpc) is 2.29.